The Bertz CT molecular complexity index is 590. The molecule has 1 aromatic carbocycles. The van der Waals surface area contributed by atoms with E-state index >= 15 is 0 Å². The van der Waals surface area contributed by atoms with E-state index in [9.17, 15) is 13.2 Å². The number of benzene rings is 1. The van der Waals surface area contributed by atoms with Crippen molar-refractivity contribution in [1.82, 2.24) is 4.98 Å². The molecule has 1 unspecified atom stereocenters. The van der Waals surface area contributed by atoms with Gasteiger partial charge in [-0.1, -0.05) is 25.1 Å². The first-order valence-electron chi connectivity index (χ1n) is 5.69. The van der Waals surface area contributed by atoms with Crippen LogP contribution >= 0.6 is 11.3 Å². The second kappa shape index (κ2) is 4.85. The quantitative estimate of drug-likeness (QED) is 0.898. The first-order chi connectivity index (χ1) is 8.79. The van der Waals surface area contributed by atoms with Crippen LogP contribution in [0, 0.1) is 6.92 Å². The smallest absolute Gasteiger partial charge is 0.375 e. The maximum Gasteiger partial charge on any atom is 0.416 e. The lowest BCUT2D eigenvalue weighted by Crippen LogP contribution is -2.06. The van der Waals surface area contributed by atoms with E-state index in [1.807, 2.05) is 13.8 Å². The van der Waals surface area contributed by atoms with E-state index in [0.717, 1.165) is 16.6 Å². The van der Waals surface area contributed by atoms with Crippen LogP contribution in [0.25, 0.3) is 0 Å². The summed E-state index contributed by atoms with van der Waals surface area (Å²) in [5.74, 6) is -0.155. The van der Waals surface area contributed by atoms with Crippen LogP contribution in [0.2, 0.25) is 0 Å². The van der Waals surface area contributed by atoms with Crippen molar-refractivity contribution in [3.8, 4) is 0 Å². The third-order valence-corrected chi connectivity index (χ3v) is 4.13. The minimum absolute atomic E-state index is 0.155. The number of alkyl halides is 3. The zero-order valence-corrected chi connectivity index (χ0v) is 11.3. The number of aromatic nitrogens is 1. The second-order valence-corrected chi connectivity index (χ2v) is 5.41. The molecule has 6 heteroatoms. The first kappa shape index (κ1) is 13.9. The van der Waals surface area contributed by atoms with Crippen LogP contribution in [0.5, 0.6) is 0 Å². The van der Waals surface area contributed by atoms with E-state index in [2.05, 4.69) is 4.98 Å². The summed E-state index contributed by atoms with van der Waals surface area (Å²) in [6.07, 6.45) is -4.32. The zero-order chi connectivity index (χ0) is 14.2. The fourth-order valence-corrected chi connectivity index (χ4v) is 2.88. The third kappa shape index (κ3) is 2.89. The molecule has 2 N–H and O–H groups in total. The average molecular weight is 286 g/mol. The minimum Gasteiger partial charge on any atom is -0.375 e. The van der Waals surface area contributed by atoms with Gasteiger partial charge in [0.15, 0.2) is 5.13 Å². The molecule has 0 aliphatic carbocycles. The fraction of sp³-hybridized carbons (Fsp3) is 0.308. The van der Waals surface area contributed by atoms with Gasteiger partial charge in [-0.15, -0.1) is 11.3 Å². The van der Waals surface area contributed by atoms with Gasteiger partial charge in [0.2, 0.25) is 0 Å². The predicted octanol–water partition coefficient (Wildman–Crippen LogP) is 4.20. The number of hydrogen-bond acceptors (Lipinski definition) is 3. The molecule has 0 aliphatic rings. The summed E-state index contributed by atoms with van der Waals surface area (Å²) in [6.45, 7) is 3.67. The zero-order valence-electron chi connectivity index (χ0n) is 10.5. The number of nitrogen functional groups attached to an aromatic ring is 1. The molecule has 2 aromatic rings. The SMILES string of the molecule is Cc1nc(N)sc1C(C)c1cccc(C(F)(F)F)c1. The van der Waals surface area contributed by atoms with Gasteiger partial charge in [0.25, 0.3) is 0 Å². The van der Waals surface area contributed by atoms with Crippen molar-refractivity contribution >= 4 is 16.5 Å². The van der Waals surface area contributed by atoms with Gasteiger partial charge >= 0.3 is 6.18 Å². The first-order valence-corrected chi connectivity index (χ1v) is 6.50. The summed E-state index contributed by atoms with van der Waals surface area (Å²) in [6, 6.07) is 5.37. The maximum absolute atomic E-state index is 12.7. The van der Waals surface area contributed by atoms with Crippen LogP contribution in [0.15, 0.2) is 24.3 Å². The predicted molar refractivity (Wildman–Crippen MR) is 70.2 cm³/mol. The molecule has 0 amide bonds. The van der Waals surface area contributed by atoms with Gasteiger partial charge in [0.1, 0.15) is 0 Å². The van der Waals surface area contributed by atoms with Gasteiger partial charge in [0, 0.05) is 10.8 Å². The highest BCUT2D eigenvalue weighted by molar-refractivity contribution is 7.15. The Kier molecular flexibility index (Phi) is 3.54. The number of nitrogens with zero attached hydrogens (tertiary/aromatic N) is 1. The van der Waals surface area contributed by atoms with Crippen LogP contribution in [0.4, 0.5) is 18.3 Å². The molecular formula is C13H13F3N2S. The summed E-state index contributed by atoms with van der Waals surface area (Å²) < 4.78 is 38.1. The second-order valence-electron chi connectivity index (χ2n) is 4.35. The Morgan fingerprint density at radius 1 is 1.32 bits per heavy atom. The van der Waals surface area contributed by atoms with Crippen LogP contribution in [-0.4, -0.2) is 4.98 Å². The van der Waals surface area contributed by atoms with E-state index in [-0.39, 0.29) is 5.92 Å². The highest BCUT2D eigenvalue weighted by Crippen LogP contribution is 2.35. The molecule has 1 heterocycles. The third-order valence-electron chi connectivity index (χ3n) is 2.96. The van der Waals surface area contributed by atoms with Gasteiger partial charge in [-0.05, 0) is 18.6 Å². The minimum atomic E-state index is -4.32. The number of rotatable bonds is 2. The molecule has 2 rings (SSSR count). The van der Waals surface area contributed by atoms with Gasteiger partial charge < -0.3 is 5.73 Å². The molecule has 0 fully saturated rings. The van der Waals surface area contributed by atoms with Crippen LogP contribution in [0.3, 0.4) is 0 Å². The summed E-state index contributed by atoms with van der Waals surface area (Å²) in [5.41, 5.74) is 6.37. The summed E-state index contributed by atoms with van der Waals surface area (Å²) >= 11 is 1.32. The normalized spacial score (nSPS) is 13.5. The number of aryl methyl sites for hydroxylation is 1. The highest BCUT2D eigenvalue weighted by Gasteiger charge is 2.31. The molecule has 1 atom stereocenters. The lowest BCUT2D eigenvalue weighted by molar-refractivity contribution is -0.137. The van der Waals surface area contributed by atoms with E-state index in [0.29, 0.717) is 10.7 Å². The van der Waals surface area contributed by atoms with E-state index in [1.165, 1.54) is 23.5 Å². The monoisotopic (exact) mass is 286 g/mol. The number of halogens is 3. The molecule has 2 nitrogen and oxygen atoms in total. The van der Waals surface area contributed by atoms with Crippen molar-refractivity contribution in [3.05, 3.63) is 46.0 Å². The van der Waals surface area contributed by atoms with Crippen molar-refractivity contribution in [2.45, 2.75) is 25.9 Å². The van der Waals surface area contributed by atoms with Crippen molar-refractivity contribution < 1.29 is 13.2 Å². The molecule has 19 heavy (non-hydrogen) atoms. The van der Waals surface area contributed by atoms with Crippen molar-refractivity contribution in [3.63, 3.8) is 0 Å². The molecule has 0 aliphatic heterocycles. The Morgan fingerprint density at radius 3 is 2.53 bits per heavy atom. The van der Waals surface area contributed by atoms with E-state index in [1.54, 1.807) is 6.07 Å². The summed E-state index contributed by atoms with van der Waals surface area (Å²) in [7, 11) is 0. The Morgan fingerprint density at radius 2 is 2.00 bits per heavy atom. The number of thiazole rings is 1. The van der Waals surface area contributed by atoms with Crippen molar-refractivity contribution in [1.29, 1.82) is 0 Å². The molecule has 0 spiro atoms. The Balaban J connectivity index is 2.39. The fourth-order valence-electron chi connectivity index (χ4n) is 1.97. The Hall–Kier alpha value is -1.56. The standard InChI is InChI=1S/C13H13F3N2S/c1-7(11-8(2)18-12(17)19-11)9-4-3-5-10(6-9)13(14,15)16/h3-7H,1-2H3,(H2,17,18). The lowest BCUT2D eigenvalue weighted by atomic mass is 9.96. The highest BCUT2D eigenvalue weighted by atomic mass is 32.1. The van der Waals surface area contributed by atoms with Crippen molar-refractivity contribution in [2.75, 3.05) is 5.73 Å². The molecule has 0 bridgehead atoms. The summed E-state index contributed by atoms with van der Waals surface area (Å²) in [5, 5.41) is 0.436. The number of nitrogens with two attached hydrogens (primary N) is 1. The van der Waals surface area contributed by atoms with Gasteiger partial charge in [-0.3, -0.25) is 0 Å². The molecule has 0 radical (unpaired) electrons. The average Bonchev–Trinajstić information content (AvgIpc) is 2.66. The molecule has 0 saturated heterocycles. The lowest BCUT2D eigenvalue weighted by Gasteiger charge is -2.13. The van der Waals surface area contributed by atoms with E-state index in [4.69, 9.17) is 5.73 Å². The largest absolute Gasteiger partial charge is 0.416 e. The molecule has 1 aromatic heterocycles. The van der Waals surface area contributed by atoms with Gasteiger partial charge in [0.05, 0.1) is 11.3 Å². The topological polar surface area (TPSA) is 38.9 Å². The van der Waals surface area contributed by atoms with Gasteiger partial charge in [-0.2, -0.15) is 13.2 Å². The summed E-state index contributed by atoms with van der Waals surface area (Å²) in [4.78, 5) is 5.00. The van der Waals surface area contributed by atoms with Crippen LogP contribution in [-0.2, 0) is 6.18 Å². The Labute approximate surface area is 113 Å². The van der Waals surface area contributed by atoms with Crippen molar-refractivity contribution in [2.24, 2.45) is 0 Å². The molecule has 0 saturated carbocycles. The van der Waals surface area contributed by atoms with Crippen LogP contribution in [0.1, 0.15) is 34.5 Å². The van der Waals surface area contributed by atoms with E-state index < -0.39 is 11.7 Å². The molecular weight excluding hydrogens is 273 g/mol. The number of hydrogen-bond donors (Lipinski definition) is 1. The van der Waals surface area contributed by atoms with Crippen LogP contribution < -0.4 is 5.73 Å². The number of anilines is 1. The molecule has 102 valence electrons. The maximum atomic E-state index is 12.7. The van der Waals surface area contributed by atoms with Gasteiger partial charge in [-0.25, -0.2) is 4.98 Å².